The molecule has 0 radical (unpaired) electrons. The Morgan fingerprint density at radius 2 is 2.11 bits per heavy atom. The monoisotopic (exact) mass is 260 g/mol. The molecule has 0 saturated carbocycles. The minimum absolute atomic E-state index is 0.138. The van der Waals surface area contributed by atoms with Gasteiger partial charge < -0.3 is 9.88 Å². The summed E-state index contributed by atoms with van der Waals surface area (Å²) in [5.41, 5.74) is 1.65. The summed E-state index contributed by atoms with van der Waals surface area (Å²) >= 11 is 0. The van der Waals surface area contributed by atoms with Gasteiger partial charge in [-0.3, -0.25) is 9.89 Å². The number of aromatic nitrogens is 3. The maximum absolute atomic E-state index is 12.2. The first kappa shape index (κ1) is 13.4. The van der Waals surface area contributed by atoms with E-state index in [0.29, 0.717) is 17.4 Å². The first-order valence-electron chi connectivity index (χ1n) is 6.52. The van der Waals surface area contributed by atoms with Gasteiger partial charge in [0.05, 0.1) is 0 Å². The largest absolute Gasteiger partial charge is 0.341 e. The summed E-state index contributed by atoms with van der Waals surface area (Å²) in [4.78, 5) is 12.2. The molecule has 2 aromatic rings. The minimum Gasteiger partial charge on any atom is -0.341 e. The second-order valence-corrected chi connectivity index (χ2v) is 5.21. The van der Waals surface area contributed by atoms with Gasteiger partial charge in [-0.25, -0.2) is 0 Å². The summed E-state index contributed by atoms with van der Waals surface area (Å²) in [5.74, 6) is 0.781. The van der Waals surface area contributed by atoms with Crippen molar-refractivity contribution < 1.29 is 4.79 Å². The third-order valence-corrected chi connectivity index (χ3v) is 3.03. The molecule has 0 aliphatic heterocycles. The normalized spacial score (nSPS) is 11.3. The first-order valence-corrected chi connectivity index (χ1v) is 6.52. The Bertz CT molecular complexity index is 566. The lowest BCUT2D eigenvalue weighted by Gasteiger charge is -2.11. The molecule has 19 heavy (non-hydrogen) atoms. The average Bonchev–Trinajstić information content (AvgIpc) is 2.96. The highest BCUT2D eigenvalue weighted by molar-refractivity contribution is 6.02. The SMILES string of the molecule is CC(C)c1cc(NC(=O)c2cccn2C(C)C)n[nH]1. The molecule has 5 nitrogen and oxygen atoms in total. The predicted molar refractivity (Wildman–Crippen MR) is 75.4 cm³/mol. The lowest BCUT2D eigenvalue weighted by Crippen LogP contribution is -2.17. The number of aromatic amines is 1. The quantitative estimate of drug-likeness (QED) is 0.887. The van der Waals surface area contributed by atoms with E-state index in [2.05, 4.69) is 29.4 Å². The Hall–Kier alpha value is -2.04. The molecule has 1 amide bonds. The first-order chi connectivity index (χ1) is 8.99. The fourth-order valence-corrected chi connectivity index (χ4v) is 1.91. The van der Waals surface area contributed by atoms with Crippen molar-refractivity contribution in [3.63, 3.8) is 0 Å². The van der Waals surface area contributed by atoms with E-state index in [0.717, 1.165) is 5.69 Å². The molecule has 0 aliphatic carbocycles. The molecular weight excluding hydrogens is 240 g/mol. The molecule has 2 rings (SSSR count). The van der Waals surface area contributed by atoms with E-state index >= 15 is 0 Å². The van der Waals surface area contributed by atoms with Gasteiger partial charge in [-0.1, -0.05) is 13.8 Å². The van der Waals surface area contributed by atoms with Crippen LogP contribution in [-0.2, 0) is 0 Å². The Labute approximate surface area is 113 Å². The van der Waals surface area contributed by atoms with Crippen LogP contribution in [0.4, 0.5) is 5.82 Å². The Kier molecular flexibility index (Phi) is 3.74. The van der Waals surface area contributed by atoms with Gasteiger partial charge in [-0.15, -0.1) is 0 Å². The van der Waals surface area contributed by atoms with Crippen molar-refractivity contribution in [1.29, 1.82) is 0 Å². The van der Waals surface area contributed by atoms with E-state index in [4.69, 9.17) is 0 Å². The highest BCUT2D eigenvalue weighted by Gasteiger charge is 2.14. The number of rotatable bonds is 4. The van der Waals surface area contributed by atoms with Crippen LogP contribution in [0.15, 0.2) is 24.4 Å². The Morgan fingerprint density at radius 1 is 1.37 bits per heavy atom. The third kappa shape index (κ3) is 2.86. The van der Waals surface area contributed by atoms with E-state index in [-0.39, 0.29) is 11.9 Å². The van der Waals surface area contributed by atoms with Crippen molar-refractivity contribution in [2.45, 2.75) is 39.7 Å². The van der Waals surface area contributed by atoms with Crippen LogP contribution in [0.2, 0.25) is 0 Å². The second-order valence-electron chi connectivity index (χ2n) is 5.21. The molecule has 2 aromatic heterocycles. The molecule has 2 heterocycles. The van der Waals surface area contributed by atoms with Gasteiger partial charge >= 0.3 is 0 Å². The van der Waals surface area contributed by atoms with Gasteiger partial charge in [0.15, 0.2) is 5.82 Å². The molecule has 0 aromatic carbocycles. The third-order valence-electron chi connectivity index (χ3n) is 3.03. The Balaban J connectivity index is 2.14. The van der Waals surface area contributed by atoms with E-state index < -0.39 is 0 Å². The fourth-order valence-electron chi connectivity index (χ4n) is 1.91. The summed E-state index contributed by atoms with van der Waals surface area (Å²) in [7, 11) is 0. The molecule has 0 fully saturated rings. The van der Waals surface area contributed by atoms with Gasteiger partial charge in [0.25, 0.3) is 5.91 Å². The molecule has 102 valence electrons. The van der Waals surface area contributed by atoms with Gasteiger partial charge in [0, 0.05) is 24.0 Å². The van der Waals surface area contributed by atoms with Crippen molar-refractivity contribution in [3.8, 4) is 0 Å². The van der Waals surface area contributed by atoms with Gasteiger partial charge in [-0.2, -0.15) is 5.10 Å². The van der Waals surface area contributed by atoms with Gasteiger partial charge in [0.1, 0.15) is 5.69 Å². The van der Waals surface area contributed by atoms with Crippen LogP contribution in [0, 0.1) is 0 Å². The summed E-state index contributed by atoms with van der Waals surface area (Å²) in [5, 5.41) is 9.83. The van der Waals surface area contributed by atoms with E-state index in [1.807, 2.05) is 42.8 Å². The van der Waals surface area contributed by atoms with Crippen molar-refractivity contribution in [1.82, 2.24) is 14.8 Å². The summed E-state index contributed by atoms with van der Waals surface area (Å²) in [6, 6.07) is 5.80. The predicted octanol–water partition coefficient (Wildman–Crippen LogP) is 3.17. The van der Waals surface area contributed by atoms with Crippen molar-refractivity contribution >= 4 is 11.7 Å². The number of H-pyrrole nitrogens is 1. The summed E-state index contributed by atoms with van der Waals surface area (Å²) in [6.45, 7) is 8.23. The number of amides is 1. The standard InChI is InChI=1S/C14H20N4O/c1-9(2)11-8-13(17-16-11)15-14(19)12-6-5-7-18(12)10(3)4/h5-10H,1-4H3,(H2,15,16,17,19). The number of nitrogens with one attached hydrogen (secondary N) is 2. The van der Waals surface area contributed by atoms with E-state index in [1.54, 1.807) is 0 Å². The van der Waals surface area contributed by atoms with Crippen LogP contribution in [0.1, 0.15) is 55.8 Å². The topological polar surface area (TPSA) is 62.7 Å². The number of carbonyl (C=O) groups excluding carboxylic acids is 1. The number of anilines is 1. The summed E-state index contributed by atoms with van der Waals surface area (Å²) < 4.78 is 1.94. The lowest BCUT2D eigenvalue weighted by molar-refractivity contribution is 0.101. The molecule has 0 bridgehead atoms. The van der Waals surface area contributed by atoms with Gasteiger partial charge in [-0.05, 0) is 31.9 Å². The molecule has 0 aliphatic rings. The highest BCUT2D eigenvalue weighted by Crippen LogP contribution is 2.16. The van der Waals surface area contributed by atoms with E-state index in [9.17, 15) is 4.79 Å². The van der Waals surface area contributed by atoms with Crippen LogP contribution in [0.3, 0.4) is 0 Å². The minimum atomic E-state index is -0.138. The zero-order valence-electron chi connectivity index (χ0n) is 11.8. The smallest absolute Gasteiger partial charge is 0.273 e. The van der Waals surface area contributed by atoms with Crippen LogP contribution < -0.4 is 5.32 Å². The van der Waals surface area contributed by atoms with Crippen molar-refractivity contribution in [2.75, 3.05) is 5.32 Å². The molecule has 0 unspecified atom stereocenters. The highest BCUT2D eigenvalue weighted by atomic mass is 16.2. The molecule has 2 N–H and O–H groups in total. The van der Waals surface area contributed by atoms with Crippen molar-refractivity contribution in [2.24, 2.45) is 0 Å². The van der Waals surface area contributed by atoms with E-state index in [1.165, 1.54) is 0 Å². The lowest BCUT2D eigenvalue weighted by atomic mass is 10.1. The number of hydrogen-bond donors (Lipinski definition) is 2. The molecular formula is C14H20N4O. The van der Waals surface area contributed by atoms with Crippen LogP contribution in [0.25, 0.3) is 0 Å². The zero-order valence-corrected chi connectivity index (χ0v) is 11.8. The number of nitrogens with zero attached hydrogens (tertiary/aromatic N) is 2. The zero-order chi connectivity index (χ0) is 14.0. The van der Waals surface area contributed by atoms with Crippen LogP contribution in [-0.4, -0.2) is 20.7 Å². The molecule has 5 heteroatoms. The average molecular weight is 260 g/mol. The molecule has 0 atom stereocenters. The molecule has 0 spiro atoms. The fraction of sp³-hybridized carbons (Fsp3) is 0.429. The number of carbonyl (C=O) groups is 1. The molecule has 0 saturated heterocycles. The summed E-state index contributed by atoms with van der Waals surface area (Å²) in [6.07, 6.45) is 1.91. The number of hydrogen-bond acceptors (Lipinski definition) is 2. The Morgan fingerprint density at radius 3 is 2.68 bits per heavy atom. The van der Waals surface area contributed by atoms with Gasteiger partial charge in [0.2, 0.25) is 0 Å². The van der Waals surface area contributed by atoms with Crippen molar-refractivity contribution in [3.05, 3.63) is 35.8 Å². The van der Waals surface area contributed by atoms with Crippen LogP contribution >= 0.6 is 0 Å². The maximum Gasteiger partial charge on any atom is 0.273 e. The van der Waals surface area contributed by atoms with Crippen LogP contribution in [0.5, 0.6) is 0 Å². The maximum atomic E-state index is 12.2. The second kappa shape index (κ2) is 5.30.